The first-order chi connectivity index (χ1) is 13.1. The summed E-state index contributed by atoms with van der Waals surface area (Å²) >= 11 is 3.56. The van der Waals surface area contributed by atoms with Gasteiger partial charge in [-0.15, -0.1) is 0 Å². The van der Waals surface area contributed by atoms with Gasteiger partial charge in [-0.05, 0) is 36.6 Å². The lowest BCUT2D eigenvalue weighted by Gasteiger charge is -2.34. The Bertz CT molecular complexity index is 569. The molecule has 0 aliphatic carbocycles. The van der Waals surface area contributed by atoms with Crippen LogP contribution in [0.5, 0.6) is 0 Å². The fraction of sp³-hybridized carbons (Fsp3) is 0.667. The van der Waals surface area contributed by atoms with Crippen LogP contribution in [0.25, 0.3) is 0 Å². The average Bonchev–Trinajstić information content (AvgIpc) is 2.70. The number of hydrogen-bond donors (Lipinski definition) is 2. The normalized spacial score (nSPS) is 17.7. The maximum Gasteiger partial charge on any atom is 0.191 e. The second kappa shape index (κ2) is 12.4. The molecular formula is C21H36BrN5. The first-order valence-electron chi connectivity index (χ1n) is 10.3. The minimum Gasteiger partial charge on any atom is -0.356 e. The molecule has 1 unspecified atom stereocenters. The van der Waals surface area contributed by atoms with E-state index in [0.717, 1.165) is 42.9 Å². The number of nitrogens with one attached hydrogen (secondary N) is 2. The summed E-state index contributed by atoms with van der Waals surface area (Å²) in [6, 6.07) is 8.61. The summed E-state index contributed by atoms with van der Waals surface area (Å²) in [5.41, 5.74) is 1.38. The Labute approximate surface area is 173 Å². The molecule has 27 heavy (non-hydrogen) atoms. The molecule has 1 aliphatic rings. The zero-order valence-electron chi connectivity index (χ0n) is 17.2. The number of aliphatic imine (C=N–C) groups is 1. The molecule has 1 aliphatic heterocycles. The molecule has 0 radical (unpaired) electrons. The van der Waals surface area contributed by atoms with Gasteiger partial charge in [0.2, 0.25) is 0 Å². The first-order valence-corrected chi connectivity index (χ1v) is 11.1. The maximum atomic E-state index is 4.38. The second-order valence-corrected chi connectivity index (χ2v) is 8.18. The molecule has 5 nitrogen and oxygen atoms in total. The van der Waals surface area contributed by atoms with Crippen molar-refractivity contribution in [1.29, 1.82) is 0 Å². The molecule has 152 valence electrons. The third-order valence-electron chi connectivity index (χ3n) is 5.41. The largest absolute Gasteiger partial charge is 0.356 e. The third kappa shape index (κ3) is 8.20. The number of likely N-dealkylation sites (N-methyl/N-ethyl adjacent to an activating group) is 1. The van der Waals surface area contributed by atoms with Gasteiger partial charge in [0, 0.05) is 57.3 Å². The molecule has 1 heterocycles. The van der Waals surface area contributed by atoms with Crippen molar-refractivity contribution >= 4 is 21.9 Å². The summed E-state index contributed by atoms with van der Waals surface area (Å²) < 4.78 is 1.15. The summed E-state index contributed by atoms with van der Waals surface area (Å²) in [6.45, 7) is 13.4. The highest BCUT2D eigenvalue weighted by Crippen LogP contribution is 2.16. The Balaban J connectivity index is 1.68. The van der Waals surface area contributed by atoms with E-state index in [1.807, 2.05) is 7.05 Å². The van der Waals surface area contributed by atoms with Gasteiger partial charge in [-0.1, -0.05) is 48.3 Å². The summed E-state index contributed by atoms with van der Waals surface area (Å²) in [4.78, 5) is 9.43. The van der Waals surface area contributed by atoms with E-state index >= 15 is 0 Å². The Morgan fingerprint density at radius 2 is 1.89 bits per heavy atom. The molecule has 1 aromatic carbocycles. The lowest BCUT2D eigenvalue weighted by atomic mass is 9.97. The molecule has 1 fully saturated rings. The van der Waals surface area contributed by atoms with Crippen molar-refractivity contribution in [2.45, 2.75) is 26.7 Å². The van der Waals surface area contributed by atoms with Crippen LogP contribution >= 0.6 is 15.9 Å². The van der Waals surface area contributed by atoms with Crippen molar-refractivity contribution in [2.75, 3.05) is 59.4 Å². The highest BCUT2D eigenvalue weighted by atomic mass is 79.9. The molecule has 6 heteroatoms. The highest BCUT2D eigenvalue weighted by Gasteiger charge is 2.15. The van der Waals surface area contributed by atoms with Gasteiger partial charge in [0.25, 0.3) is 0 Å². The zero-order valence-corrected chi connectivity index (χ0v) is 18.8. The van der Waals surface area contributed by atoms with Gasteiger partial charge in [0.15, 0.2) is 5.96 Å². The number of nitrogens with zero attached hydrogens (tertiary/aromatic N) is 3. The molecule has 0 aromatic heterocycles. The van der Waals surface area contributed by atoms with E-state index in [-0.39, 0.29) is 0 Å². The zero-order chi connectivity index (χ0) is 19.5. The Hall–Kier alpha value is -1.11. The van der Waals surface area contributed by atoms with E-state index in [2.05, 4.69) is 79.5 Å². The Morgan fingerprint density at radius 1 is 1.15 bits per heavy atom. The smallest absolute Gasteiger partial charge is 0.191 e. The number of piperazine rings is 1. The Kier molecular flexibility index (Phi) is 10.2. The highest BCUT2D eigenvalue weighted by molar-refractivity contribution is 9.10. The lowest BCUT2D eigenvalue weighted by molar-refractivity contribution is 0.139. The van der Waals surface area contributed by atoms with E-state index in [9.17, 15) is 0 Å². The number of hydrogen-bond acceptors (Lipinski definition) is 3. The van der Waals surface area contributed by atoms with Crippen LogP contribution in [-0.4, -0.2) is 75.2 Å². The summed E-state index contributed by atoms with van der Waals surface area (Å²) in [6.07, 6.45) is 2.24. The predicted molar refractivity (Wildman–Crippen MR) is 120 cm³/mol. The van der Waals surface area contributed by atoms with Crippen LogP contribution in [0.3, 0.4) is 0 Å². The van der Waals surface area contributed by atoms with Crippen LogP contribution < -0.4 is 10.6 Å². The molecule has 0 bridgehead atoms. The maximum absolute atomic E-state index is 4.38. The van der Waals surface area contributed by atoms with Gasteiger partial charge in [0.1, 0.15) is 0 Å². The van der Waals surface area contributed by atoms with Crippen molar-refractivity contribution in [3.8, 4) is 0 Å². The number of rotatable bonds is 9. The third-order valence-corrected chi connectivity index (χ3v) is 5.90. The lowest BCUT2D eigenvalue weighted by Crippen LogP contribution is -2.49. The van der Waals surface area contributed by atoms with Crippen LogP contribution in [0, 0.1) is 5.92 Å². The standard InChI is InChI=1S/C21H36BrN5/c1-4-18(15-19-7-6-8-20(22)16-19)17-25-21(23-3)24-9-10-27-13-11-26(5-2)12-14-27/h6-8,16,18H,4-5,9-15,17H2,1-3H3,(H2,23,24,25). The molecule has 0 amide bonds. The number of benzene rings is 1. The van der Waals surface area contributed by atoms with Gasteiger partial charge in [0.05, 0.1) is 0 Å². The number of halogens is 1. The quantitative estimate of drug-likeness (QED) is 0.460. The van der Waals surface area contributed by atoms with Crippen LogP contribution in [0.1, 0.15) is 25.8 Å². The minimum absolute atomic E-state index is 0.597. The van der Waals surface area contributed by atoms with Gasteiger partial charge in [-0.3, -0.25) is 9.89 Å². The van der Waals surface area contributed by atoms with Gasteiger partial charge >= 0.3 is 0 Å². The minimum atomic E-state index is 0.597. The van der Waals surface area contributed by atoms with Crippen LogP contribution in [-0.2, 0) is 6.42 Å². The van der Waals surface area contributed by atoms with Gasteiger partial charge in [-0.2, -0.15) is 0 Å². The Morgan fingerprint density at radius 3 is 2.52 bits per heavy atom. The van der Waals surface area contributed by atoms with Crippen molar-refractivity contribution < 1.29 is 0 Å². The topological polar surface area (TPSA) is 42.9 Å². The average molecular weight is 438 g/mol. The number of guanidine groups is 1. The molecule has 2 N–H and O–H groups in total. The molecule has 0 spiro atoms. The van der Waals surface area contributed by atoms with Gasteiger partial charge in [-0.25, -0.2) is 0 Å². The molecule has 0 saturated carbocycles. The summed E-state index contributed by atoms with van der Waals surface area (Å²) in [7, 11) is 1.85. The summed E-state index contributed by atoms with van der Waals surface area (Å²) in [5, 5.41) is 6.98. The molecule has 1 atom stereocenters. The second-order valence-electron chi connectivity index (χ2n) is 7.26. The molecular weight excluding hydrogens is 402 g/mol. The fourth-order valence-corrected chi connectivity index (χ4v) is 3.93. The van der Waals surface area contributed by atoms with E-state index in [1.165, 1.54) is 38.3 Å². The van der Waals surface area contributed by atoms with E-state index in [1.54, 1.807) is 0 Å². The molecule has 2 rings (SSSR count). The fourth-order valence-electron chi connectivity index (χ4n) is 3.48. The van der Waals surface area contributed by atoms with Crippen LogP contribution in [0.4, 0.5) is 0 Å². The van der Waals surface area contributed by atoms with Crippen LogP contribution in [0.15, 0.2) is 33.7 Å². The predicted octanol–water partition coefficient (Wildman–Crippen LogP) is 2.82. The van der Waals surface area contributed by atoms with E-state index in [4.69, 9.17) is 0 Å². The monoisotopic (exact) mass is 437 g/mol. The van der Waals surface area contributed by atoms with E-state index in [0.29, 0.717) is 5.92 Å². The van der Waals surface area contributed by atoms with Crippen LogP contribution in [0.2, 0.25) is 0 Å². The van der Waals surface area contributed by atoms with Crippen molar-refractivity contribution in [2.24, 2.45) is 10.9 Å². The van der Waals surface area contributed by atoms with Crippen molar-refractivity contribution in [1.82, 2.24) is 20.4 Å². The summed E-state index contributed by atoms with van der Waals surface area (Å²) in [5.74, 6) is 1.51. The van der Waals surface area contributed by atoms with Gasteiger partial charge < -0.3 is 15.5 Å². The molecule has 1 saturated heterocycles. The van der Waals surface area contributed by atoms with Crippen molar-refractivity contribution in [3.05, 3.63) is 34.3 Å². The van der Waals surface area contributed by atoms with Crippen molar-refractivity contribution in [3.63, 3.8) is 0 Å². The van der Waals surface area contributed by atoms with E-state index < -0.39 is 0 Å². The first kappa shape index (κ1) is 22.2. The molecule has 1 aromatic rings. The SMILES string of the molecule is CCC(CNC(=NC)NCCN1CCN(CC)CC1)Cc1cccc(Br)c1.